The molecule has 0 aromatic carbocycles. The summed E-state index contributed by atoms with van der Waals surface area (Å²) in [5, 5.41) is 24.7. The average molecular weight is 1020 g/mol. The van der Waals surface area contributed by atoms with Gasteiger partial charge in [0.2, 0.25) is 0 Å². The van der Waals surface area contributed by atoms with Crippen LogP contribution in [0.5, 0.6) is 0 Å². The van der Waals surface area contributed by atoms with Gasteiger partial charge in [0, 0.05) is 0 Å². The summed E-state index contributed by atoms with van der Waals surface area (Å²) >= 11 is 0. The molecule has 0 amide bonds. The first-order valence-corrected chi connectivity index (χ1v) is 31.8. The first-order chi connectivity index (χ1) is 35.0. The van der Waals surface area contributed by atoms with Gasteiger partial charge in [0.25, 0.3) is 0 Å². The number of hydrogen-bond acceptors (Lipinski definition) is 6. The minimum absolute atomic E-state index is 0.665. The molecule has 0 aromatic heterocycles. The fourth-order valence-electron chi connectivity index (χ4n) is 12.2. The van der Waals surface area contributed by atoms with Crippen molar-refractivity contribution in [1.82, 2.24) is 0 Å². The number of nitrogens with two attached hydrogens (primary N) is 3. The highest BCUT2D eigenvalue weighted by molar-refractivity contribution is 5.82. The van der Waals surface area contributed by atoms with Crippen LogP contribution in [-0.4, -0.2) is 52.9 Å². The minimum atomic E-state index is -1.40. The lowest BCUT2D eigenvalue weighted by Crippen LogP contribution is -2.20. The Bertz CT molecular complexity index is 1040. The normalized spacial score (nSPS) is 20.9. The second-order valence-corrected chi connectivity index (χ2v) is 23.5. The molecule has 428 valence electrons. The van der Waals surface area contributed by atoms with E-state index < -0.39 is 36.7 Å². The molecule has 0 bridgehead atoms. The van der Waals surface area contributed by atoms with Crippen molar-refractivity contribution in [3.8, 4) is 0 Å². The van der Waals surface area contributed by atoms with Gasteiger partial charge in [-0.15, -0.1) is 0 Å². The molecule has 0 aromatic rings. The molecule has 72 heavy (non-hydrogen) atoms. The lowest BCUT2D eigenvalue weighted by Gasteiger charge is -2.28. The second-order valence-electron chi connectivity index (χ2n) is 23.5. The first kappa shape index (κ1) is 70.3. The molecule has 0 unspecified atom stereocenters. The molecule has 3 fully saturated rings. The Morgan fingerprint density at radius 3 is 0.667 bits per heavy atom. The highest BCUT2D eigenvalue weighted by Gasteiger charge is 2.24. The SMILES string of the molecule is CCCC1CCC(CCCCCCCCCCN)CC1.CCCC1CCC(CCCCCCCCCCN)CC1.CCCC1CCC(CCCCCCCCCCN)CC1.O=C(O)CC(CC(=O)O)C(=O)O. The van der Waals surface area contributed by atoms with E-state index in [1.807, 2.05) is 0 Å². The summed E-state index contributed by atoms with van der Waals surface area (Å²) in [6, 6.07) is 0. The summed E-state index contributed by atoms with van der Waals surface area (Å²) in [5.41, 5.74) is 16.5. The van der Waals surface area contributed by atoms with E-state index in [0.29, 0.717) is 0 Å². The average Bonchev–Trinajstić information content (AvgIpc) is 3.37. The number of unbranched alkanes of at least 4 members (excludes halogenated alkanes) is 21. The smallest absolute Gasteiger partial charge is 0.307 e. The van der Waals surface area contributed by atoms with Gasteiger partial charge in [-0.1, -0.05) is 290 Å². The van der Waals surface area contributed by atoms with Gasteiger partial charge in [0.1, 0.15) is 0 Å². The zero-order valence-corrected chi connectivity index (χ0v) is 48.2. The molecule has 0 spiro atoms. The summed E-state index contributed by atoms with van der Waals surface area (Å²) in [6.45, 7) is 9.63. The predicted molar refractivity (Wildman–Crippen MR) is 309 cm³/mol. The van der Waals surface area contributed by atoms with Crippen LogP contribution < -0.4 is 17.2 Å². The Balaban J connectivity index is 0.000000949. The molecule has 3 aliphatic rings. The van der Waals surface area contributed by atoms with Crippen molar-refractivity contribution >= 4 is 17.9 Å². The van der Waals surface area contributed by atoms with Gasteiger partial charge in [0.15, 0.2) is 0 Å². The van der Waals surface area contributed by atoms with Crippen LogP contribution in [-0.2, 0) is 14.4 Å². The highest BCUT2D eigenvalue weighted by Crippen LogP contribution is 2.36. The lowest BCUT2D eigenvalue weighted by atomic mass is 9.78. The molecule has 0 atom stereocenters. The maximum absolute atomic E-state index is 10.2. The molecule has 9 nitrogen and oxygen atoms in total. The molecule has 0 saturated heterocycles. The number of carboxylic acids is 3. The van der Waals surface area contributed by atoms with Crippen LogP contribution in [0.1, 0.15) is 323 Å². The maximum atomic E-state index is 10.2. The maximum Gasteiger partial charge on any atom is 0.307 e. The molecular weight excluding hydrogens is 895 g/mol. The van der Waals surface area contributed by atoms with E-state index in [-0.39, 0.29) is 0 Å². The fraction of sp³-hybridized carbons (Fsp3) is 0.952. The van der Waals surface area contributed by atoms with E-state index in [1.54, 1.807) is 0 Å². The number of carbonyl (C=O) groups is 3. The predicted octanol–water partition coefficient (Wildman–Crippen LogP) is 17.8. The summed E-state index contributed by atoms with van der Waals surface area (Å²) in [7, 11) is 0. The van der Waals surface area contributed by atoms with Crippen molar-refractivity contribution in [1.29, 1.82) is 0 Å². The van der Waals surface area contributed by atoms with Crippen molar-refractivity contribution in [3.05, 3.63) is 0 Å². The highest BCUT2D eigenvalue weighted by atomic mass is 16.4. The fourth-order valence-corrected chi connectivity index (χ4v) is 12.2. The third kappa shape index (κ3) is 45.7. The van der Waals surface area contributed by atoms with Gasteiger partial charge in [-0.05, 0) is 74.4 Å². The quantitative estimate of drug-likeness (QED) is 0.0324. The Morgan fingerprint density at radius 2 is 0.500 bits per heavy atom. The molecule has 0 heterocycles. The van der Waals surface area contributed by atoms with Crippen molar-refractivity contribution < 1.29 is 29.7 Å². The van der Waals surface area contributed by atoms with Crippen LogP contribution in [0, 0.1) is 41.4 Å². The molecule has 9 heteroatoms. The van der Waals surface area contributed by atoms with Crippen molar-refractivity contribution in [2.45, 2.75) is 323 Å². The number of aliphatic carboxylic acids is 3. The molecule has 3 saturated carbocycles. The summed E-state index contributed by atoms with van der Waals surface area (Å²) in [4.78, 5) is 30.3. The van der Waals surface area contributed by atoms with E-state index in [2.05, 4.69) is 20.8 Å². The van der Waals surface area contributed by atoms with Crippen molar-refractivity contribution in [3.63, 3.8) is 0 Å². The largest absolute Gasteiger partial charge is 0.481 e. The summed E-state index contributed by atoms with van der Waals surface area (Å²) in [5.74, 6) is 1.07. The van der Waals surface area contributed by atoms with Crippen LogP contribution >= 0.6 is 0 Å². The van der Waals surface area contributed by atoms with Gasteiger partial charge in [-0.25, -0.2) is 0 Å². The van der Waals surface area contributed by atoms with Gasteiger partial charge < -0.3 is 32.5 Å². The van der Waals surface area contributed by atoms with Gasteiger partial charge in [-0.3, -0.25) is 14.4 Å². The minimum Gasteiger partial charge on any atom is -0.481 e. The number of carboxylic acid groups (broad SMARTS) is 3. The van der Waals surface area contributed by atoms with Crippen molar-refractivity contribution in [2.75, 3.05) is 19.6 Å². The zero-order chi connectivity index (χ0) is 53.1. The van der Waals surface area contributed by atoms with Crippen molar-refractivity contribution in [2.24, 2.45) is 58.6 Å². The Kier molecular flexibility index (Phi) is 51.5. The molecule has 0 aliphatic heterocycles. The Labute approximate surface area is 446 Å². The molecular formula is C63H125N3O6. The lowest BCUT2D eigenvalue weighted by molar-refractivity contribution is -0.152. The van der Waals surface area contributed by atoms with Crippen LogP contribution in [0.3, 0.4) is 0 Å². The summed E-state index contributed by atoms with van der Waals surface area (Å²) < 4.78 is 0. The third-order valence-corrected chi connectivity index (χ3v) is 16.9. The Hall–Kier alpha value is -1.71. The van der Waals surface area contributed by atoms with Crippen LogP contribution in [0.2, 0.25) is 0 Å². The van der Waals surface area contributed by atoms with E-state index in [9.17, 15) is 14.4 Å². The molecule has 9 N–H and O–H groups in total. The van der Waals surface area contributed by atoms with Crippen LogP contribution in [0.15, 0.2) is 0 Å². The topological polar surface area (TPSA) is 190 Å². The Morgan fingerprint density at radius 1 is 0.319 bits per heavy atom. The van der Waals surface area contributed by atoms with Gasteiger partial charge in [0.05, 0.1) is 18.8 Å². The van der Waals surface area contributed by atoms with E-state index >= 15 is 0 Å². The van der Waals surface area contributed by atoms with Crippen LogP contribution in [0.4, 0.5) is 0 Å². The van der Waals surface area contributed by atoms with Gasteiger partial charge >= 0.3 is 17.9 Å². The number of hydrogen-bond donors (Lipinski definition) is 6. The molecule has 3 aliphatic carbocycles. The standard InChI is InChI=1S/3C19H39N.C6H8O6/c3*1-2-11-18-13-15-19(16-14-18)12-9-7-5-3-4-6-8-10-17-20;7-4(8)1-3(6(11)12)2-5(9)10/h3*18-19H,2-17,20H2,1H3;3H,1-2H2,(H,7,8)(H,9,10)(H,11,12). The van der Waals surface area contributed by atoms with Gasteiger partial charge in [-0.2, -0.15) is 0 Å². The number of rotatable bonds is 41. The molecule has 0 radical (unpaired) electrons. The molecule has 3 rings (SSSR count). The van der Waals surface area contributed by atoms with Crippen LogP contribution in [0.25, 0.3) is 0 Å². The van der Waals surface area contributed by atoms with E-state index in [4.69, 9.17) is 32.5 Å². The van der Waals surface area contributed by atoms with E-state index in [0.717, 1.165) is 55.1 Å². The van der Waals surface area contributed by atoms with E-state index in [1.165, 1.54) is 289 Å². The monoisotopic (exact) mass is 1020 g/mol. The third-order valence-electron chi connectivity index (χ3n) is 16.9. The summed E-state index contributed by atoms with van der Waals surface area (Å²) in [6.07, 6.45) is 64.1. The first-order valence-electron chi connectivity index (χ1n) is 31.8. The zero-order valence-electron chi connectivity index (χ0n) is 48.2. The second kappa shape index (κ2) is 52.7.